The Hall–Kier alpha value is 0.371. The van der Waals surface area contributed by atoms with E-state index >= 15 is 0 Å². The second-order valence-corrected chi connectivity index (χ2v) is 2.79. The van der Waals surface area contributed by atoms with Gasteiger partial charge in [0.2, 0.25) is 5.95 Å². The van der Waals surface area contributed by atoms with Gasteiger partial charge >= 0.3 is 58.4 Å². The Morgan fingerprint density at radius 1 is 1.14 bits per heavy atom. The molecule has 0 aliphatic carbocycles. The number of anilines is 1. The quantitative estimate of drug-likeness (QED) is 0.529. The third-order valence-electron chi connectivity index (χ3n) is 1.44. The number of hydrogen-bond donors (Lipinski definition) is 0. The van der Waals surface area contributed by atoms with Crippen LogP contribution in [0.25, 0.3) is 0 Å². The van der Waals surface area contributed by atoms with Crippen molar-refractivity contribution in [3.05, 3.63) is 12.4 Å². The molecule has 1 aromatic heterocycles. The Morgan fingerprint density at radius 2 is 1.57 bits per heavy atom. The van der Waals surface area contributed by atoms with Crippen LogP contribution in [-0.2, 0) is 0 Å². The van der Waals surface area contributed by atoms with Gasteiger partial charge in [0.05, 0.1) is 0 Å². The van der Waals surface area contributed by atoms with Crippen LogP contribution in [0.2, 0.25) is 0 Å². The van der Waals surface area contributed by atoms with Crippen molar-refractivity contribution in [3.8, 4) is 0 Å². The predicted molar refractivity (Wildman–Crippen MR) is 45.1 cm³/mol. The summed E-state index contributed by atoms with van der Waals surface area (Å²) >= 11 is 0. The molecule has 1 rings (SSSR count). The van der Waals surface area contributed by atoms with Crippen LogP contribution in [0.3, 0.4) is 0 Å². The summed E-state index contributed by atoms with van der Waals surface area (Å²) in [4.78, 5) is 8.65. The first-order chi connectivity index (χ1) is 5.91. The number of nitrogens with zero attached hydrogens (tertiary/aromatic N) is 3. The first kappa shape index (κ1) is 14.4. The summed E-state index contributed by atoms with van der Waals surface area (Å²) in [6.07, 6.45) is 1.59. The second-order valence-electron chi connectivity index (χ2n) is 2.79. The average Bonchev–Trinajstić information content (AvgIpc) is 2.03. The van der Waals surface area contributed by atoms with Crippen LogP contribution >= 0.6 is 0 Å². The summed E-state index contributed by atoms with van der Waals surface area (Å²) in [5.74, 6) is 0.267. The van der Waals surface area contributed by atoms with Crippen LogP contribution in [-0.4, -0.2) is 31.0 Å². The molecule has 0 aliphatic rings. The molecule has 14 heavy (non-hydrogen) atoms. The monoisotopic (exact) mass is 229 g/mol. The van der Waals surface area contributed by atoms with Crippen molar-refractivity contribution in [2.24, 2.45) is 0 Å². The van der Waals surface area contributed by atoms with Gasteiger partial charge in [-0.1, -0.05) is 5.46 Å². The van der Waals surface area contributed by atoms with Crippen LogP contribution in [0.4, 0.5) is 18.9 Å². The fraction of sp³-hybridized carbons (Fsp3) is 0.333. The normalized spacial score (nSPS) is 10.6. The molecule has 0 atom stereocenters. The van der Waals surface area contributed by atoms with Crippen molar-refractivity contribution in [1.82, 2.24) is 9.97 Å². The van der Waals surface area contributed by atoms with Crippen molar-refractivity contribution in [2.45, 2.75) is 0 Å². The molecule has 8 heteroatoms. The standard InChI is InChI=1S/C6H8BF3N3.K/c1-13(2)6-11-3-5(4-12-6)7(8,9)10;/h3-4H,1-2H3;/q-1;+1. The van der Waals surface area contributed by atoms with E-state index in [1.165, 1.54) is 4.90 Å². The van der Waals surface area contributed by atoms with Gasteiger partial charge in [-0.25, -0.2) is 9.97 Å². The van der Waals surface area contributed by atoms with E-state index < -0.39 is 12.4 Å². The van der Waals surface area contributed by atoms with E-state index in [1.54, 1.807) is 14.1 Å². The molecule has 0 saturated heterocycles. The summed E-state index contributed by atoms with van der Waals surface area (Å²) in [6.45, 7) is -4.98. The van der Waals surface area contributed by atoms with E-state index in [0.29, 0.717) is 0 Å². The molecule has 0 bridgehead atoms. The molecule has 0 spiro atoms. The minimum atomic E-state index is -4.98. The molecule has 72 valence electrons. The number of rotatable bonds is 2. The Morgan fingerprint density at radius 3 is 1.86 bits per heavy atom. The van der Waals surface area contributed by atoms with Crippen molar-refractivity contribution in [2.75, 3.05) is 19.0 Å². The number of aromatic nitrogens is 2. The predicted octanol–water partition coefficient (Wildman–Crippen LogP) is -2.40. The third kappa shape index (κ3) is 3.85. The topological polar surface area (TPSA) is 29.0 Å². The maximum Gasteiger partial charge on any atom is 1.00 e. The first-order valence-electron chi connectivity index (χ1n) is 3.60. The molecule has 0 amide bonds. The Kier molecular flexibility index (Phi) is 5.60. The van der Waals surface area contributed by atoms with Gasteiger partial charge in [-0.05, 0) is 0 Å². The Bertz CT molecular complexity index is 287. The van der Waals surface area contributed by atoms with E-state index in [-0.39, 0.29) is 57.3 Å². The Labute approximate surface area is 123 Å². The molecule has 0 N–H and O–H groups in total. The molecule has 1 aromatic rings. The zero-order valence-corrected chi connectivity index (χ0v) is 11.3. The largest absolute Gasteiger partial charge is 1.00 e. The number of halogens is 3. The minimum absolute atomic E-state index is 0. The maximum atomic E-state index is 12.1. The van der Waals surface area contributed by atoms with E-state index in [9.17, 15) is 12.9 Å². The molecular weight excluding hydrogens is 221 g/mol. The van der Waals surface area contributed by atoms with Crippen LogP contribution in [0.15, 0.2) is 12.4 Å². The van der Waals surface area contributed by atoms with Gasteiger partial charge in [0.25, 0.3) is 0 Å². The van der Waals surface area contributed by atoms with Crippen molar-refractivity contribution in [3.63, 3.8) is 0 Å². The van der Waals surface area contributed by atoms with Crippen LogP contribution < -0.4 is 61.7 Å². The summed E-state index contributed by atoms with van der Waals surface area (Å²) in [7, 11) is 3.32. The molecule has 0 aromatic carbocycles. The van der Waals surface area contributed by atoms with E-state index in [4.69, 9.17) is 0 Å². The van der Waals surface area contributed by atoms with Gasteiger partial charge in [-0.15, -0.1) is 0 Å². The van der Waals surface area contributed by atoms with Gasteiger partial charge in [0.15, 0.2) is 0 Å². The van der Waals surface area contributed by atoms with Gasteiger partial charge in [0.1, 0.15) is 0 Å². The van der Waals surface area contributed by atoms with Crippen molar-refractivity contribution in [1.29, 1.82) is 0 Å². The summed E-state index contributed by atoms with van der Waals surface area (Å²) in [5.41, 5.74) is -0.773. The van der Waals surface area contributed by atoms with E-state index in [1.807, 2.05) is 0 Å². The summed E-state index contributed by atoms with van der Waals surface area (Å²) < 4.78 is 36.3. The molecule has 0 saturated carbocycles. The second kappa shape index (κ2) is 5.45. The fourth-order valence-corrected chi connectivity index (χ4v) is 0.731. The molecule has 1 heterocycles. The first-order valence-corrected chi connectivity index (χ1v) is 3.60. The number of hydrogen-bond acceptors (Lipinski definition) is 3. The zero-order valence-electron chi connectivity index (χ0n) is 8.21. The van der Waals surface area contributed by atoms with Crippen LogP contribution in [0.1, 0.15) is 0 Å². The van der Waals surface area contributed by atoms with Gasteiger partial charge < -0.3 is 17.8 Å². The smallest absolute Gasteiger partial charge is 0.445 e. The van der Waals surface area contributed by atoms with Gasteiger partial charge in [-0.3, -0.25) is 0 Å². The van der Waals surface area contributed by atoms with Crippen molar-refractivity contribution >= 4 is 18.4 Å². The Balaban J connectivity index is 0.00000169. The van der Waals surface area contributed by atoms with Crippen LogP contribution in [0, 0.1) is 0 Å². The SMILES string of the molecule is CN(C)c1ncc([B-](F)(F)F)cn1.[K+]. The molecule has 0 fully saturated rings. The fourth-order valence-electron chi connectivity index (χ4n) is 0.731. The average molecular weight is 229 g/mol. The molecule has 0 unspecified atom stereocenters. The zero-order chi connectivity index (χ0) is 10.1. The molecule has 0 radical (unpaired) electrons. The maximum absolute atomic E-state index is 12.1. The molecular formula is C6H8BF3KN3. The van der Waals surface area contributed by atoms with E-state index in [0.717, 1.165) is 12.4 Å². The van der Waals surface area contributed by atoms with Gasteiger partial charge in [-0.2, -0.15) is 0 Å². The van der Waals surface area contributed by atoms with Gasteiger partial charge in [0, 0.05) is 26.5 Å². The molecule has 0 aliphatic heterocycles. The third-order valence-corrected chi connectivity index (χ3v) is 1.44. The minimum Gasteiger partial charge on any atom is -0.445 e. The summed E-state index contributed by atoms with van der Waals surface area (Å²) in [6, 6.07) is 0. The van der Waals surface area contributed by atoms with Crippen molar-refractivity contribution < 1.29 is 64.3 Å². The molecule has 3 nitrogen and oxygen atoms in total. The van der Waals surface area contributed by atoms with Crippen LogP contribution in [0.5, 0.6) is 0 Å². The summed E-state index contributed by atoms with van der Waals surface area (Å²) in [5, 5.41) is 0. The van der Waals surface area contributed by atoms with E-state index in [2.05, 4.69) is 9.97 Å².